The Bertz CT molecular complexity index is 844. The quantitative estimate of drug-likeness (QED) is 0.881. The summed E-state index contributed by atoms with van der Waals surface area (Å²) >= 11 is 0. The van der Waals surface area contributed by atoms with Crippen LogP contribution >= 0.6 is 0 Å². The molecule has 25 heavy (non-hydrogen) atoms. The van der Waals surface area contributed by atoms with Crippen molar-refractivity contribution >= 4 is 15.8 Å². The minimum Gasteiger partial charge on any atom is -0.364 e. The molecule has 0 amide bonds. The standard InChI is InChI=1S/C16H22N6O2S/c23-25(24,21-9-2-1-3-10-21)14-5-4-8-17-16(14)20-13-6-7-15-18-12-19-22(15)11-13/h4-5,8,12-13H,1-3,6-7,9-11H2,(H,17,20). The van der Waals surface area contributed by atoms with Crippen LogP contribution in [0.2, 0.25) is 0 Å². The minimum atomic E-state index is -3.52. The number of pyridine rings is 1. The monoisotopic (exact) mass is 362 g/mol. The Kier molecular flexibility index (Phi) is 4.43. The van der Waals surface area contributed by atoms with Crippen LogP contribution in [-0.4, -0.2) is 51.6 Å². The average Bonchev–Trinajstić information content (AvgIpc) is 3.10. The van der Waals surface area contributed by atoms with Gasteiger partial charge in [-0.3, -0.25) is 0 Å². The van der Waals surface area contributed by atoms with Crippen molar-refractivity contribution in [3.63, 3.8) is 0 Å². The van der Waals surface area contributed by atoms with Gasteiger partial charge in [0.05, 0.1) is 6.54 Å². The maximum atomic E-state index is 13.0. The second kappa shape index (κ2) is 6.72. The van der Waals surface area contributed by atoms with Crippen LogP contribution in [0.25, 0.3) is 0 Å². The van der Waals surface area contributed by atoms with E-state index in [-0.39, 0.29) is 10.9 Å². The molecule has 1 atom stereocenters. The number of nitrogens with zero attached hydrogens (tertiary/aromatic N) is 5. The van der Waals surface area contributed by atoms with E-state index in [4.69, 9.17) is 0 Å². The molecule has 4 rings (SSSR count). The topological polar surface area (TPSA) is 93.0 Å². The lowest BCUT2D eigenvalue weighted by Crippen LogP contribution is -2.37. The summed E-state index contributed by atoms with van der Waals surface area (Å²) in [6.45, 7) is 1.83. The fourth-order valence-electron chi connectivity index (χ4n) is 3.50. The van der Waals surface area contributed by atoms with Crippen molar-refractivity contribution in [1.82, 2.24) is 24.1 Å². The highest BCUT2D eigenvalue weighted by atomic mass is 32.2. The zero-order chi connectivity index (χ0) is 17.3. The first kappa shape index (κ1) is 16.5. The van der Waals surface area contributed by atoms with E-state index in [0.29, 0.717) is 25.5 Å². The van der Waals surface area contributed by atoms with E-state index >= 15 is 0 Å². The highest BCUT2D eigenvalue weighted by molar-refractivity contribution is 7.89. The van der Waals surface area contributed by atoms with Crippen LogP contribution in [0, 0.1) is 0 Å². The number of piperidine rings is 1. The molecular formula is C16H22N6O2S. The van der Waals surface area contributed by atoms with Crippen LogP contribution in [0.1, 0.15) is 31.5 Å². The van der Waals surface area contributed by atoms with Crippen molar-refractivity contribution in [3.05, 3.63) is 30.5 Å². The molecule has 2 aliphatic heterocycles. The Morgan fingerprint density at radius 3 is 2.84 bits per heavy atom. The molecule has 0 aromatic carbocycles. The lowest BCUT2D eigenvalue weighted by atomic mass is 10.1. The Balaban J connectivity index is 1.57. The summed E-state index contributed by atoms with van der Waals surface area (Å²) in [4.78, 5) is 8.80. The van der Waals surface area contributed by atoms with E-state index in [0.717, 1.165) is 37.9 Å². The number of aryl methyl sites for hydroxylation is 1. The average molecular weight is 362 g/mol. The van der Waals surface area contributed by atoms with Crippen molar-refractivity contribution in [3.8, 4) is 0 Å². The predicted octanol–water partition coefficient (Wildman–Crippen LogP) is 1.27. The molecular weight excluding hydrogens is 340 g/mol. The summed E-state index contributed by atoms with van der Waals surface area (Å²) in [7, 11) is -3.52. The summed E-state index contributed by atoms with van der Waals surface area (Å²) in [6, 6.07) is 3.40. The van der Waals surface area contributed by atoms with Crippen molar-refractivity contribution in [2.45, 2.75) is 49.6 Å². The van der Waals surface area contributed by atoms with Gasteiger partial charge in [0.1, 0.15) is 22.9 Å². The molecule has 1 fully saturated rings. The summed E-state index contributed by atoms with van der Waals surface area (Å²) < 4.78 is 29.5. The molecule has 134 valence electrons. The molecule has 1 unspecified atom stereocenters. The number of nitrogens with one attached hydrogen (secondary N) is 1. The molecule has 1 saturated heterocycles. The predicted molar refractivity (Wildman–Crippen MR) is 92.6 cm³/mol. The number of sulfonamides is 1. The van der Waals surface area contributed by atoms with E-state index < -0.39 is 10.0 Å². The van der Waals surface area contributed by atoms with Crippen molar-refractivity contribution in [2.75, 3.05) is 18.4 Å². The molecule has 0 aliphatic carbocycles. The van der Waals surface area contributed by atoms with Gasteiger partial charge in [-0.25, -0.2) is 23.1 Å². The van der Waals surface area contributed by atoms with Gasteiger partial charge < -0.3 is 5.32 Å². The summed E-state index contributed by atoms with van der Waals surface area (Å²) in [5.74, 6) is 1.40. The van der Waals surface area contributed by atoms with Gasteiger partial charge in [0, 0.05) is 31.7 Å². The summed E-state index contributed by atoms with van der Waals surface area (Å²) in [6.07, 6.45) is 7.80. The van der Waals surface area contributed by atoms with Gasteiger partial charge in [-0.05, 0) is 31.4 Å². The van der Waals surface area contributed by atoms with Crippen LogP contribution in [0.5, 0.6) is 0 Å². The van der Waals surface area contributed by atoms with Crippen LogP contribution in [0.4, 0.5) is 5.82 Å². The Labute approximate surface area is 147 Å². The maximum Gasteiger partial charge on any atom is 0.246 e. The van der Waals surface area contributed by atoms with Crippen molar-refractivity contribution in [1.29, 1.82) is 0 Å². The van der Waals surface area contributed by atoms with Crippen molar-refractivity contribution in [2.24, 2.45) is 0 Å². The van der Waals surface area contributed by atoms with Crippen LogP contribution in [-0.2, 0) is 23.0 Å². The van der Waals surface area contributed by atoms with E-state index in [9.17, 15) is 8.42 Å². The van der Waals surface area contributed by atoms with E-state index in [2.05, 4.69) is 20.4 Å². The molecule has 0 saturated carbocycles. The maximum absolute atomic E-state index is 13.0. The molecule has 8 nitrogen and oxygen atoms in total. The molecule has 0 spiro atoms. The number of fused-ring (bicyclic) bond motifs is 1. The highest BCUT2D eigenvalue weighted by Gasteiger charge is 2.30. The lowest BCUT2D eigenvalue weighted by molar-refractivity contribution is 0.346. The van der Waals surface area contributed by atoms with Gasteiger partial charge in [0.15, 0.2) is 0 Å². The number of hydrogen-bond donors (Lipinski definition) is 1. The second-order valence-corrected chi connectivity index (χ2v) is 8.46. The van der Waals surface area contributed by atoms with Gasteiger partial charge in [-0.2, -0.15) is 9.40 Å². The molecule has 1 N–H and O–H groups in total. The van der Waals surface area contributed by atoms with E-state index in [1.807, 2.05) is 4.68 Å². The summed E-state index contributed by atoms with van der Waals surface area (Å²) in [5, 5.41) is 7.53. The third-order valence-electron chi connectivity index (χ3n) is 4.85. The Morgan fingerprint density at radius 1 is 1.16 bits per heavy atom. The zero-order valence-corrected chi connectivity index (χ0v) is 14.8. The first-order valence-corrected chi connectivity index (χ1v) is 10.2. The van der Waals surface area contributed by atoms with Crippen LogP contribution in [0.3, 0.4) is 0 Å². The van der Waals surface area contributed by atoms with Gasteiger partial charge in [-0.1, -0.05) is 6.42 Å². The van der Waals surface area contributed by atoms with Crippen LogP contribution < -0.4 is 5.32 Å². The smallest absolute Gasteiger partial charge is 0.246 e. The van der Waals surface area contributed by atoms with Gasteiger partial charge in [-0.15, -0.1) is 0 Å². The zero-order valence-electron chi connectivity index (χ0n) is 14.0. The van der Waals surface area contributed by atoms with E-state index in [1.165, 1.54) is 0 Å². The fourth-order valence-corrected chi connectivity index (χ4v) is 5.12. The van der Waals surface area contributed by atoms with Crippen LogP contribution in [0.15, 0.2) is 29.6 Å². The number of hydrogen-bond acceptors (Lipinski definition) is 6. The third-order valence-corrected chi connectivity index (χ3v) is 6.78. The SMILES string of the molecule is O=S(=O)(c1cccnc1NC1CCc2ncnn2C1)N1CCCCC1. The third kappa shape index (κ3) is 3.25. The first-order valence-electron chi connectivity index (χ1n) is 8.73. The second-order valence-electron chi connectivity index (χ2n) is 6.55. The first-order chi connectivity index (χ1) is 12.1. The largest absolute Gasteiger partial charge is 0.364 e. The fraction of sp³-hybridized carbons (Fsp3) is 0.562. The summed E-state index contributed by atoms with van der Waals surface area (Å²) in [5.41, 5.74) is 0. The number of aromatic nitrogens is 4. The molecule has 0 bridgehead atoms. The Morgan fingerprint density at radius 2 is 2.00 bits per heavy atom. The normalized spacial score (nSPS) is 21.7. The molecule has 2 aromatic rings. The number of anilines is 1. The lowest BCUT2D eigenvalue weighted by Gasteiger charge is -2.28. The van der Waals surface area contributed by atoms with E-state index in [1.54, 1.807) is 29.0 Å². The Hall–Kier alpha value is -2.00. The molecule has 4 heterocycles. The molecule has 2 aromatic heterocycles. The van der Waals surface area contributed by atoms with Gasteiger partial charge in [0.25, 0.3) is 0 Å². The molecule has 0 radical (unpaired) electrons. The molecule has 2 aliphatic rings. The van der Waals surface area contributed by atoms with Gasteiger partial charge in [0.2, 0.25) is 10.0 Å². The van der Waals surface area contributed by atoms with Gasteiger partial charge >= 0.3 is 0 Å². The minimum absolute atomic E-state index is 0.0828. The number of rotatable bonds is 4. The highest BCUT2D eigenvalue weighted by Crippen LogP contribution is 2.26. The van der Waals surface area contributed by atoms with Crippen molar-refractivity contribution < 1.29 is 8.42 Å². The molecule has 9 heteroatoms.